The van der Waals surface area contributed by atoms with Gasteiger partial charge in [-0.3, -0.25) is 0 Å². The van der Waals surface area contributed by atoms with E-state index in [1.807, 2.05) is 24.3 Å². The number of ether oxygens (including phenoxy) is 1. The number of rotatable bonds is 3. The van der Waals surface area contributed by atoms with Gasteiger partial charge in [0, 0.05) is 0 Å². The highest BCUT2D eigenvalue weighted by molar-refractivity contribution is 5.15. The standard InChI is InChI=1S/C13H14O/c1-3-7-12(8-4-1)11-14-13-9-5-2-6-10-13/h1-9,13H,10-11H2. The molecule has 0 amide bonds. The van der Waals surface area contributed by atoms with Crippen LogP contribution in [0.15, 0.2) is 54.6 Å². The fourth-order valence-corrected chi connectivity index (χ4v) is 1.46. The van der Waals surface area contributed by atoms with Gasteiger partial charge in [-0.25, -0.2) is 0 Å². The Morgan fingerprint density at radius 3 is 2.71 bits per heavy atom. The van der Waals surface area contributed by atoms with E-state index in [1.54, 1.807) is 0 Å². The summed E-state index contributed by atoms with van der Waals surface area (Å²) in [5.74, 6) is 0. The maximum atomic E-state index is 5.73. The molecule has 1 heteroatoms. The van der Waals surface area contributed by atoms with Gasteiger partial charge in [0.25, 0.3) is 0 Å². The fourth-order valence-electron chi connectivity index (χ4n) is 1.46. The molecule has 0 bridgehead atoms. The minimum atomic E-state index is 0.250. The van der Waals surface area contributed by atoms with Gasteiger partial charge in [-0.1, -0.05) is 54.6 Å². The molecule has 1 aromatic carbocycles. The quantitative estimate of drug-likeness (QED) is 0.704. The first-order valence-corrected chi connectivity index (χ1v) is 4.94. The average molecular weight is 186 g/mol. The van der Waals surface area contributed by atoms with Crippen molar-refractivity contribution in [3.05, 3.63) is 60.2 Å². The van der Waals surface area contributed by atoms with E-state index in [-0.39, 0.29) is 6.10 Å². The van der Waals surface area contributed by atoms with Gasteiger partial charge in [0.2, 0.25) is 0 Å². The maximum absolute atomic E-state index is 5.73. The average Bonchev–Trinajstić information content (AvgIpc) is 2.29. The van der Waals surface area contributed by atoms with Crippen LogP contribution in [-0.4, -0.2) is 6.10 Å². The van der Waals surface area contributed by atoms with Crippen LogP contribution in [0.1, 0.15) is 12.0 Å². The zero-order valence-electron chi connectivity index (χ0n) is 8.10. The molecule has 1 unspecified atom stereocenters. The molecular weight excluding hydrogens is 172 g/mol. The Labute approximate surface area is 84.7 Å². The van der Waals surface area contributed by atoms with Gasteiger partial charge in [-0.15, -0.1) is 0 Å². The summed E-state index contributed by atoms with van der Waals surface area (Å²) < 4.78 is 5.73. The molecule has 0 fully saturated rings. The van der Waals surface area contributed by atoms with Crippen LogP contribution in [-0.2, 0) is 11.3 Å². The van der Waals surface area contributed by atoms with E-state index in [1.165, 1.54) is 5.56 Å². The highest BCUT2D eigenvalue weighted by Gasteiger charge is 2.04. The lowest BCUT2D eigenvalue weighted by Gasteiger charge is -2.14. The lowest BCUT2D eigenvalue weighted by molar-refractivity contribution is 0.0733. The summed E-state index contributed by atoms with van der Waals surface area (Å²) in [6.07, 6.45) is 9.57. The van der Waals surface area contributed by atoms with Crippen LogP contribution >= 0.6 is 0 Å². The molecule has 0 radical (unpaired) electrons. The minimum Gasteiger partial charge on any atom is -0.369 e. The Hall–Kier alpha value is -1.34. The van der Waals surface area contributed by atoms with E-state index in [2.05, 4.69) is 30.4 Å². The molecule has 1 aliphatic carbocycles. The molecule has 0 aromatic heterocycles. The van der Waals surface area contributed by atoms with Gasteiger partial charge < -0.3 is 4.74 Å². The van der Waals surface area contributed by atoms with E-state index in [9.17, 15) is 0 Å². The summed E-state index contributed by atoms with van der Waals surface area (Å²) in [4.78, 5) is 0. The summed E-state index contributed by atoms with van der Waals surface area (Å²) in [5, 5.41) is 0. The smallest absolute Gasteiger partial charge is 0.0797 e. The topological polar surface area (TPSA) is 9.23 Å². The molecule has 0 saturated carbocycles. The molecule has 1 aromatic rings. The molecule has 2 rings (SSSR count). The van der Waals surface area contributed by atoms with Crippen molar-refractivity contribution in [2.75, 3.05) is 0 Å². The van der Waals surface area contributed by atoms with Crippen molar-refractivity contribution in [3.63, 3.8) is 0 Å². The molecule has 0 N–H and O–H groups in total. The third kappa shape index (κ3) is 2.57. The van der Waals surface area contributed by atoms with E-state index in [0.29, 0.717) is 6.61 Å². The maximum Gasteiger partial charge on any atom is 0.0797 e. The Balaban J connectivity index is 1.83. The van der Waals surface area contributed by atoms with Gasteiger partial charge in [0.15, 0.2) is 0 Å². The third-order valence-corrected chi connectivity index (χ3v) is 2.25. The highest BCUT2D eigenvalue weighted by atomic mass is 16.5. The van der Waals surface area contributed by atoms with Crippen molar-refractivity contribution >= 4 is 0 Å². The Morgan fingerprint density at radius 1 is 1.14 bits per heavy atom. The first-order valence-electron chi connectivity index (χ1n) is 4.94. The second-order valence-electron chi connectivity index (χ2n) is 3.38. The molecule has 0 heterocycles. The van der Waals surface area contributed by atoms with Gasteiger partial charge in [-0.05, 0) is 12.0 Å². The van der Waals surface area contributed by atoms with Crippen LogP contribution in [0, 0.1) is 0 Å². The lowest BCUT2D eigenvalue weighted by atomic mass is 10.1. The number of benzene rings is 1. The number of allylic oxidation sites excluding steroid dienone is 2. The van der Waals surface area contributed by atoms with Crippen molar-refractivity contribution in [2.45, 2.75) is 19.1 Å². The summed E-state index contributed by atoms with van der Waals surface area (Å²) >= 11 is 0. The monoisotopic (exact) mass is 186 g/mol. The van der Waals surface area contributed by atoms with E-state index in [4.69, 9.17) is 4.74 Å². The molecule has 0 spiro atoms. The van der Waals surface area contributed by atoms with E-state index in [0.717, 1.165) is 6.42 Å². The molecule has 0 saturated heterocycles. The van der Waals surface area contributed by atoms with Crippen LogP contribution in [0.4, 0.5) is 0 Å². The lowest BCUT2D eigenvalue weighted by Crippen LogP contribution is -2.09. The fraction of sp³-hybridized carbons (Fsp3) is 0.231. The van der Waals surface area contributed by atoms with Crippen LogP contribution in [0.2, 0.25) is 0 Å². The van der Waals surface area contributed by atoms with Gasteiger partial charge in [0.05, 0.1) is 12.7 Å². The van der Waals surface area contributed by atoms with Crippen molar-refractivity contribution in [2.24, 2.45) is 0 Å². The van der Waals surface area contributed by atoms with Gasteiger partial charge >= 0.3 is 0 Å². The zero-order chi connectivity index (χ0) is 9.64. The summed E-state index contributed by atoms with van der Waals surface area (Å²) in [6.45, 7) is 0.698. The number of hydrogen-bond donors (Lipinski definition) is 0. The van der Waals surface area contributed by atoms with E-state index < -0.39 is 0 Å². The first-order chi connectivity index (χ1) is 6.95. The van der Waals surface area contributed by atoms with Crippen LogP contribution in [0.25, 0.3) is 0 Å². The molecular formula is C13H14O. The molecule has 1 aliphatic rings. The molecule has 1 atom stereocenters. The summed E-state index contributed by atoms with van der Waals surface area (Å²) in [5.41, 5.74) is 1.23. The second kappa shape index (κ2) is 4.77. The van der Waals surface area contributed by atoms with Gasteiger partial charge in [-0.2, -0.15) is 0 Å². The van der Waals surface area contributed by atoms with Crippen LogP contribution in [0.3, 0.4) is 0 Å². The Morgan fingerprint density at radius 2 is 2.00 bits per heavy atom. The largest absolute Gasteiger partial charge is 0.369 e. The predicted octanol–water partition coefficient (Wildman–Crippen LogP) is 3.09. The molecule has 0 aliphatic heterocycles. The first kappa shape index (κ1) is 9.22. The van der Waals surface area contributed by atoms with Crippen molar-refractivity contribution in [3.8, 4) is 0 Å². The van der Waals surface area contributed by atoms with Crippen LogP contribution < -0.4 is 0 Å². The van der Waals surface area contributed by atoms with Crippen LogP contribution in [0.5, 0.6) is 0 Å². The third-order valence-electron chi connectivity index (χ3n) is 2.25. The molecule has 14 heavy (non-hydrogen) atoms. The normalized spacial score (nSPS) is 19.9. The van der Waals surface area contributed by atoms with Crippen molar-refractivity contribution in [1.29, 1.82) is 0 Å². The minimum absolute atomic E-state index is 0.250. The van der Waals surface area contributed by atoms with Crippen molar-refractivity contribution in [1.82, 2.24) is 0 Å². The molecule has 72 valence electrons. The van der Waals surface area contributed by atoms with E-state index >= 15 is 0 Å². The number of hydrogen-bond acceptors (Lipinski definition) is 1. The zero-order valence-corrected chi connectivity index (χ0v) is 8.10. The molecule has 1 nitrogen and oxygen atoms in total. The second-order valence-corrected chi connectivity index (χ2v) is 3.38. The van der Waals surface area contributed by atoms with Gasteiger partial charge in [0.1, 0.15) is 0 Å². The van der Waals surface area contributed by atoms with Crippen molar-refractivity contribution < 1.29 is 4.74 Å². The summed E-state index contributed by atoms with van der Waals surface area (Å²) in [6, 6.07) is 10.3. The predicted molar refractivity (Wildman–Crippen MR) is 57.9 cm³/mol. The highest BCUT2D eigenvalue weighted by Crippen LogP contribution is 2.10. The Kier molecular flexibility index (Phi) is 3.15. The summed E-state index contributed by atoms with van der Waals surface area (Å²) in [7, 11) is 0. The Bertz CT molecular complexity index is 324. The SMILES string of the molecule is C1=CCC(OCc2ccccc2)C=C1.